The smallest absolute Gasteiger partial charge is 0.330 e. The van der Waals surface area contributed by atoms with E-state index in [9.17, 15) is 18.8 Å². The number of nitrogen functional groups attached to an aromatic ring is 1. The fourth-order valence-electron chi connectivity index (χ4n) is 3.64. The Morgan fingerprint density at radius 1 is 1.36 bits per heavy atom. The quantitative estimate of drug-likeness (QED) is 0.708. The summed E-state index contributed by atoms with van der Waals surface area (Å²) in [5, 5.41) is 0. The maximum atomic E-state index is 14.2. The molecule has 2 heterocycles. The molecule has 0 radical (unpaired) electrons. The van der Waals surface area contributed by atoms with E-state index in [4.69, 9.17) is 10.5 Å². The van der Waals surface area contributed by atoms with Gasteiger partial charge < -0.3 is 15.4 Å². The number of hydrogen-bond donors (Lipinski definition) is 2. The molecule has 28 heavy (non-hydrogen) atoms. The van der Waals surface area contributed by atoms with Crippen LogP contribution >= 0.6 is 0 Å². The van der Waals surface area contributed by atoms with Gasteiger partial charge >= 0.3 is 5.69 Å². The third-order valence-corrected chi connectivity index (χ3v) is 4.97. The number of Topliss-reactive ketones (excluding diaryl/α,β-unsaturated/α-hetero) is 1. The number of H-pyrrole nitrogens is 1. The van der Waals surface area contributed by atoms with Crippen molar-refractivity contribution >= 4 is 17.3 Å². The number of nitrogens with two attached hydrogens (primary N) is 1. The van der Waals surface area contributed by atoms with Crippen molar-refractivity contribution in [3.8, 4) is 0 Å². The second-order valence-corrected chi connectivity index (χ2v) is 6.80. The van der Waals surface area contributed by atoms with Crippen molar-refractivity contribution in [3.05, 3.63) is 55.5 Å². The Morgan fingerprint density at radius 3 is 2.82 bits per heavy atom. The minimum atomic E-state index is -0.825. The van der Waals surface area contributed by atoms with Crippen molar-refractivity contribution in [2.45, 2.75) is 26.3 Å². The lowest BCUT2D eigenvalue weighted by Gasteiger charge is -2.32. The number of fused-ring (bicyclic) bond motifs is 1. The highest BCUT2D eigenvalue weighted by Crippen LogP contribution is 2.32. The van der Waals surface area contributed by atoms with Gasteiger partial charge in [-0.1, -0.05) is 6.07 Å². The number of nitrogens with zero attached hydrogens (tertiary/aromatic N) is 2. The molecular weight excluding hydrogens is 367 g/mol. The van der Waals surface area contributed by atoms with E-state index in [-0.39, 0.29) is 36.9 Å². The number of aromatic amines is 1. The van der Waals surface area contributed by atoms with Crippen LogP contribution in [0.25, 0.3) is 0 Å². The lowest BCUT2D eigenvalue weighted by molar-refractivity contribution is 0.0997. The molecule has 1 aromatic heterocycles. The molecule has 0 unspecified atom stereocenters. The first-order valence-corrected chi connectivity index (χ1v) is 9.02. The Bertz CT molecular complexity index is 1030. The van der Waals surface area contributed by atoms with Crippen molar-refractivity contribution in [2.24, 2.45) is 0 Å². The van der Waals surface area contributed by atoms with Crippen LogP contribution in [0.3, 0.4) is 0 Å². The lowest BCUT2D eigenvalue weighted by atomic mass is 9.97. The second kappa shape index (κ2) is 7.97. The first kappa shape index (κ1) is 19.8. The van der Waals surface area contributed by atoms with E-state index in [2.05, 4.69) is 4.98 Å². The maximum absolute atomic E-state index is 14.2. The number of hydrogen-bond acceptors (Lipinski definition) is 6. The fourth-order valence-corrected chi connectivity index (χ4v) is 3.64. The number of ether oxygens (including phenoxy) is 1. The number of nitrogens with one attached hydrogen (secondary N) is 1. The van der Waals surface area contributed by atoms with Crippen molar-refractivity contribution in [1.29, 1.82) is 0 Å². The van der Waals surface area contributed by atoms with Gasteiger partial charge in [-0.2, -0.15) is 0 Å². The van der Waals surface area contributed by atoms with Gasteiger partial charge in [0.15, 0.2) is 5.78 Å². The zero-order chi connectivity index (χ0) is 20.4. The first-order valence-electron chi connectivity index (χ1n) is 9.02. The highest BCUT2D eigenvalue weighted by molar-refractivity contribution is 6.02. The molecule has 0 aliphatic carbocycles. The average Bonchev–Trinajstić information content (AvgIpc) is 2.64. The molecule has 2 aromatic rings. The molecule has 0 saturated heterocycles. The monoisotopic (exact) mass is 390 g/mol. The van der Waals surface area contributed by atoms with Crippen LogP contribution in [-0.4, -0.2) is 42.1 Å². The molecule has 0 bridgehead atoms. The average molecular weight is 390 g/mol. The highest BCUT2D eigenvalue weighted by atomic mass is 19.1. The second-order valence-electron chi connectivity index (χ2n) is 6.80. The third kappa shape index (κ3) is 3.57. The number of carbonyl (C=O) groups is 1. The van der Waals surface area contributed by atoms with Crippen molar-refractivity contribution in [2.75, 3.05) is 37.4 Å². The fraction of sp³-hybridized carbons (Fsp3) is 0.421. The number of ketones is 1. The third-order valence-electron chi connectivity index (χ3n) is 4.97. The first-order chi connectivity index (χ1) is 13.3. The summed E-state index contributed by atoms with van der Waals surface area (Å²) in [6.07, 6.45) is 1.29. The van der Waals surface area contributed by atoms with E-state index in [1.807, 2.05) is 6.92 Å². The number of halogens is 1. The Morgan fingerprint density at radius 2 is 2.11 bits per heavy atom. The molecule has 8 nitrogen and oxygen atoms in total. The number of anilines is 2. The molecule has 3 N–H and O–H groups in total. The molecule has 0 amide bonds. The zero-order valence-corrected chi connectivity index (χ0v) is 15.9. The number of benzene rings is 1. The standard InChI is InChI=1S/C19H23FN4O4/c1-11-5-6-13(20)12-4-3-7-23(16(11)12)10-14(25)15-17(21)24(8-9-28-2)19(27)22-18(15)26/h5-6H,3-4,7-10,21H2,1-2H3,(H,22,26,27). The van der Waals surface area contributed by atoms with Gasteiger partial charge in [-0.15, -0.1) is 0 Å². The topological polar surface area (TPSA) is 110 Å². The summed E-state index contributed by atoms with van der Waals surface area (Å²) in [6, 6.07) is 3.09. The molecular formula is C19H23FN4O4. The largest absolute Gasteiger partial charge is 0.384 e. The van der Waals surface area contributed by atoms with Gasteiger partial charge in [0.05, 0.1) is 19.7 Å². The van der Waals surface area contributed by atoms with E-state index in [0.29, 0.717) is 30.6 Å². The zero-order valence-electron chi connectivity index (χ0n) is 15.9. The number of methoxy groups -OCH3 is 1. The summed E-state index contributed by atoms with van der Waals surface area (Å²) in [5.41, 5.74) is 6.30. The summed E-state index contributed by atoms with van der Waals surface area (Å²) in [6.45, 7) is 2.58. The maximum Gasteiger partial charge on any atom is 0.330 e. The van der Waals surface area contributed by atoms with Crippen molar-refractivity contribution in [3.63, 3.8) is 0 Å². The molecule has 3 rings (SSSR count). The molecule has 0 spiro atoms. The minimum Gasteiger partial charge on any atom is -0.384 e. The lowest BCUT2D eigenvalue weighted by Crippen LogP contribution is -2.41. The predicted molar refractivity (Wildman–Crippen MR) is 104 cm³/mol. The van der Waals surface area contributed by atoms with Gasteiger partial charge in [-0.05, 0) is 31.4 Å². The molecule has 150 valence electrons. The van der Waals surface area contributed by atoms with E-state index < -0.39 is 17.0 Å². The Hall–Kier alpha value is -2.94. The molecule has 0 fully saturated rings. The predicted octanol–water partition coefficient (Wildman–Crippen LogP) is 0.848. The van der Waals surface area contributed by atoms with Gasteiger partial charge in [0, 0.05) is 24.9 Å². The van der Waals surface area contributed by atoms with Gasteiger partial charge in [-0.25, -0.2) is 9.18 Å². The minimum absolute atomic E-state index is 0.106. The summed E-state index contributed by atoms with van der Waals surface area (Å²) in [7, 11) is 1.47. The number of aromatic nitrogens is 2. The van der Waals surface area contributed by atoms with Crippen LogP contribution in [0.2, 0.25) is 0 Å². The molecule has 1 aliphatic rings. The summed E-state index contributed by atoms with van der Waals surface area (Å²) in [5.74, 6) is -1.02. The molecule has 1 aliphatic heterocycles. The number of carbonyl (C=O) groups excluding carboxylic acids is 1. The van der Waals surface area contributed by atoms with Gasteiger partial charge in [0.1, 0.15) is 17.2 Å². The van der Waals surface area contributed by atoms with Crippen LogP contribution in [0, 0.1) is 12.7 Å². The van der Waals surface area contributed by atoms with E-state index in [1.165, 1.54) is 13.2 Å². The van der Waals surface area contributed by atoms with Crippen LogP contribution in [0.15, 0.2) is 21.7 Å². The van der Waals surface area contributed by atoms with Gasteiger partial charge in [-0.3, -0.25) is 19.1 Å². The van der Waals surface area contributed by atoms with Gasteiger partial charge in [0.2, 0.25) is 0 Å². The van der Waals surface area contributed by atoms with Crippen LogP contribution in [0.4, 0.5) is 15.9 Å². The van der Waals surface area contributed by atoms with Crippen LogP contribution in [0.5, 0.6) is 0 Å². The normalized spacial score (nSPS) is 13.5. The molecule has 0 atom stereocenters. The molecule has 0 saturated carbocycles. The van der Waals surface area contributed by atoms with Gasteiger partial charge in [0.25, 0.3) is 5.56 Å². The molecule has 9 heteroatoms. The van der Waals surface area contributed by atoms with Crippen molar-refractivity contribution in [1.82, 2.24) is 9.55 Å². The van der Waals surface area contributed by atoms with Crippen molar-refractivity contribution < 1.29 is 13.9 Å². The van der Waals surface area contributed by atoms with Crippen LogP contribution in [0.1, 0.15) is 27.9 Å². The van der Waals surface area contributed by atoms with E-state index in [1.54, 1.807) is 11.0 Å². The Balaban J connectivity index is 1.97. The molecule has 1 aromatic carbocycles. The summed E-state index contributed by atoms with van der Waals surface area (Å²) < 4.78 is 20.2. The highest BCUT2D eigenvalue weighted by Gasteiger charge is 2.26. The van der Waals surface area contributed by atoms with E-state index in [0.717, 1.165) is 10.1 Å². The Labute approximate surface area is 160 Å². The number of rotatable bonds is 6. The summed E-state index contributed by atoms with van der Waals surface area (Å²) >= 11 is 0. The van der Waals surface area contributed by atoms with E-state index >= 15 is 0 Å². The van der Waals surface area contributed by atoms with Crippen LogP contribution in [-0.2, 0) is 17.7 Å². The Kier molecular flexibility index (Phi) is 5.64. The number of aryl methyl sites for hydroxylation is 1. The van der Waals surface area contributed by atoms with Crippen LogP contribution < -0.4 is 21.9 Å². The SMILES string of the molecule is COCCn1c(N)c(C(=O)CN2CCCc3c(F)ccc(C)c32)c(=O)[nH]c1=O. The summed E-state index contributed by atoms with van der Waals surface area (Å²) in [4.78, 5) is 41.1.